The Morgan fingerprint density at radius 3 is 2.88 bits per heavy atom. The van der Waals surface area contributed by atoms with E-state index in [2.05, 4.69) is 48.3 Å². The van der Waals surface area contributed by atoms with E-state index in [0.29, 0.717) is 6.61 Å². The van der Waals surface area contributed by atoms with Gasteiger partial charge in [0.25, 0.3) is 0 Å². The summed E-state index contributed by atoms with van der Waals surface area (Å²) >= 11 is 6.88. The lowest BCUT2D eigenvalue weighted by atomic mass is 10.4. The molecule has 1 aromatic rings. The van der Waals surface area contributed by atoms with Crippen molar-refractivity contribution >= 4 is 37.7 Å². The molecule has 1 heterocycles. The van der Waals surface area contributed by atoms with E-state index in [1.165, 1.54) is 0 Å². The van der Waals surface area contributed by atoms with E-state index in [0.717, 1.165) is 27.9 Å². The molecule has 16 heavy (non-hydrogen) atoms. The molecule has 1 rings (SSSR count). The van der Waals surface area contributed by atoms with Gasteiger partial charge in [0.05, 0.1) is 11.1 Å². The molecule has 0 radical (unpaired) electrons. The molecule has 1 aromatic heterocycles. The summed E-state index contributed by atoms with van der Waals surface area (Å²) in [6.45, 7) is 5.95. The molecule has 0 saturated carbocycles. The van der Waals surface area contributed by atoms with E-state index in [1.54, 1.807) is 13.3 Å². The number of halogens is 2. The predicted octanol–water partition coefficient (Wildman–Crippen LogP) is 3.25. The fourth-order valence-electron chi connectivity index (χ4n) is 1.28. The fraction of sp³-hybridized carbons (Fsp3) is 0.364. The summed E-state index contributed by atoms with van der Waals surface area (Å²) in [6, 6.07) is 1.98. The Morgan fingerprint density at radius 1 is 1.56 bits per heavy atom. The van der Waals surface area contributed by atoms with Crippen molar-refractivity contribution in [2.24, 2.45) is 0 Å². The van der Waals surface area contributed by atoms with Crippen LogP contribution in [0.1, 0.15) is 0 Å². The number of pyridine rings is 1. The summed E-state index contributed by atoms with van der Waals surface area (Å²) < 4.78 is 6.99. The van der Waals surface area contributed by atoms with E-state index in [1.807, 2.05) is 12.1 Å². The first kappa shape index (κ1) is 13.7. The van der Waals surface area contributed by atoms with Gasteiger partial charge in [0, 0.05) is 30.9 Å². The zero-order valence-electron chi connectivity index (χ0n) is 9.12. The molecule has 88 valence electrons. The molecule has 0 aromatic carbocycles. The third kappa shape index (κ3) is 3.88. The lowest BCUT2D eigenvalue weighted by molar-refractivity contribution is 0.205. The molecule has 0 aliphatic rings. The predicted molar refractivity (Wildman–Crippen MR) is 73.9 cm³/mol. The zero-order valence-corrected chi connectivity index (χ0v) is 12.3. The summed E-state index contributed by atoms with van der Waals surface area (Å²) in [7, 11) is 1.69. The quantitative estimate of drug-likeness (QED) is 0.737. The van der Waals surface area contributed by atoms with Gasteiger partial charge in [-0.15, -0.1) is 6.58 Å². The minimum Gasteiger partial charge on any atom is -0.383 e. The maximum Gasteiger partial charge on any atom is 0.143 e. The first-order chi connectivity index (χ1) is 7.69. The first-order valence-electron chi connectivity index (χ1n) is 4.85. The molecule has 0 saturated heterocycles. The van der Waals surface area contributed by atoms with Crippen LogP contribution in [0.3, 0.4) is 0 Å². The minimum atomic E-state index is 0.665. The van der Waals surface area contributed by atoms with Gasteiger partial charge in [-0.25, -0.2) is 4.98 Å². The summed E-state index contributed by atoms with van der Waals surface area (Å²) in [5.74, 6) is 0.903. The smallest absolute Gasteiger partial charge is 0.143 e. The molecule has 5 heteroatoms. The highest BCUT2D eigenvalue weighted by atomic mass is 79.9. The van der Waals surface area contributed by atoms with Gasteiger partial charge in [-0.1, -0.05) is 6.08 Å². The number of hydrogen-bond acceptors (Lipinski definition) is 3. The summed E-state index contributed by atoms with van der Waals surface area (Å²) in [4.78, 5) is 6.48. The van der Waals surface area contributed by atoms with Gasteiger partial charge in [0.2, 0.25) is 0 Å². The second kappa shape index (κ2) is 7.04. The van der Waals surface area contributed by atoms with Crippen molar-refractivity contribution < 1.29 is 4.74 Å². The second-order valence-corrected chi connectivity index (χ2v) is 4.96. The molecular formula is C11H14Br2N2O. The average Bonchev–Trinajstić information content (AvgIpc) is 2.25. The maximum atomic E-state index is 5.08. The van der Waals surface area contributed by atoms with E-state index in [4.69, 9.17) is 4.74 Å². The Labute approximate surface area is 113 Å². The standard InChI is InChI=1S/C11H14Br2N2O/c1-3-4-15(5-6-16-2)11-10(13)7-9(12)8-14-11/h3,7-8H,1,4-6H2,2H3. The highest BCUT2D eigenvalue weighted by Crippen LogP contribution is 2.26. The average molecular weight is 350 g/mol. The van der Waals surface area contributed by atoms with Gasteiger partial charge in [0.1, 0.15) is 5.82 Å². The molecule has 3 nitrogen and oxygen atoms in total. The van der Waals surface area contributed by atoms with Gasteiger partial charge in [-0.2, -0.15) is 0 Å². The molecule has 0 fully saturated rings. The Balaban J connectivity index is 2.86. The molecular weight excluding hydrogens is 336 g/mol. The fourth-order valence-corrected chi connectivity index (χ4v) is 2.52. The van der Waals surface area contributed by atoms with Crippen molar-refractivity contribution in [3.8, 4) is 0 Å². The van der Waals surface area contributed by atoms with Gasteiger partial charge in [-0.05, 0) is 37.9 Å². The van der Waals surface area contributed by atoms with Crippen LogP contribution in [0.2, 0.25) is 0 Å². The topological polar surface area (TPSA) is 25.4 Å². The first-order valence-corrected chi connectivity index (χ1v) is 6.43. The molecule has 0 spiro atoms. The van der Waals surface area contributed by atoms with Crippen LogP contribution in [0, 0.1) is 0 Å². The van der Waals surface area contributed by atoms with Crippen molar-refractivity contribution in [1.82, 2.24) is 4.98 Å². The third-order valence-electron chi connectivity index (χ3n) is 2.00. The zero-order chi connectivity index (χ0) is 12.0. The third-order valence-corrected chi connectivity index (χ3v) is 3.02. The van der Waals surface area contributed by atoms with Gasteiger partial charge < -0.3 is 9.64 Å². The number of anilines is 1. The Hall–Kier alpha value is -0.390. The molecule has 0 aliphatic carbocycles. The largest absolute Gasteiger partial charge is 0.383 e. The molecule has 0 atom stereocenters. The Kier molecular flexibility index (Phi) is 6.01. The molecule has 0 unspecified atom stereocenters. The Morgan fingerprint density at radius 2 is 2.31 bits per heavy atom. The van der Waals surface area contributed by atoms with Crippen LogP contribution in [0.15, 0.2) is 33.9 Å². The number of ether oxygens (including phenoxy) is 1. The van der Waals surface area contributed by atoms with E-state index in [-0.39, 0.29) is 0 Å². The van der Waals surface area contributed by atoms with Crippen LogP contribution in [-0.2, 0) is 4.74 Å². The van der Waals surface area contributed by atoms with Crippen LogP contribution in [0.25, 0.3) is 0 Å². The number of nitrogens with zero attached hydrogens (tertiary/aromatic N) is 2. The number of hydrogen-bond donors (Lipinski definition) is 0. The number of methoxy groups -OCH3 is 1. The van der Waals surface area contributed by atoms with Gasteiger partial charge >= 0.3 is 0 Å². The molecule has 0 amide bonds. The summed E-state index contributed by atoms with van der Waals surface area (Å²) in [6.07, 6.45) is 3.63. The van der Waals surface area contributed by atoms with E-state index >= 15 is 0 Å². The van der Waals surface area contributed by atoms with Crippen LogP contribution < -0.4 is 4.90 Å². The van der Waals surface area contributed by atoms with Crippen molar-refractivity contribution in [3.63, 3.8) is 0 Å². The molecule has 0 aliphatic heterocycles. The number of rotatable bonds is 6. The summed E-state index contributed by atoms with van der Waals surface area (Å²) in [5, 5.41) is 0. The highest BCUT2D eigenvalue weighted by molar-refractivity contribution is 9.11. The highest BCUT2D eigenvalue weighted by Gasteiger charge is 2.10. The van der Waals surface area contributed by atoms with Crippen molar-refractivity contribution in [1.29, 1.82) is 0 Å². The van der Waals surface area contributed by atoms with Crippen molar-refractivity contribution in [2.75, 3.05) is 31.7 Å². The lowest BCUT2D eigenvalue weighted by Gasteiger charge is -2.22. The van der Waals surface area contributed by atoms with Crippen molar-refractivity contribution in [3.05, 3.63) is 33.9 Å². The van der Waals surface area contributed by atoms with E-state index in [9.17, 15) is 0 Å². The van der Waals surface area contributed by atoms with E-state index < -0.39 is 0 Å². The minimum absolute atomic E-state index is 0.665. The maximum absolute atomic E-state index is 5.08. The molecule has 0 N–H and O–H groups in total. The van der Waals surface area contributed by atoms with Gasteiger partial charge in [0.15, 0.2) is 0 Å². The normalized spacial score (nSPS) is 10.2. The van der Waals surface area contributed by atoms with Crippen LogP contribution in [0.4, 0.5) is 5.82 Å². The number of aromatic nitrogens is 1. The molecule has 0 bridgehead atoms. The lowest BCUT2D eigenvalue weighted by Crippen LogP contribution is -2.28. The van der Waals surface area contributed by atoms with Gasteiger partial charge in [-0.3, -0.25) is 0 Å². The van der Waals surface area contributed by atoms with Crippen LogP contribution >= 0.6 is 31.9 Å². The second-order valence-electron chi connectivity index (χ2n) is 3.19. The van der Waals surface area contributed by atoms with Crippen LogP contribution in [-0.4, -0.2) is 31.8 Å². The van der Waals surface area contributed by atoms with Crippen molar-refractivity contribution in [2.45, 2.75) is 0 Å². The monoisotopic (exact) mass is 348 g/mol. The Bertz CT molecular complexity index is 358. The van der Waals surface area contributed by atoms with Crippen LogP contribution in [0.5, 0.6) is 0 Å². The SMILES string of the molecule is C=CCN(CCOC)c1ncc(Br)cc1Br. The summed E-state index contributed by atoms with van der Waals surface area (Å²) in [5.41, 5.74) is 0.